The lowest BCUT2D eigenvalue weighted by Crippen LogP contribution is -2.32. The van der Waals surface area contributed by atoms with Crippen molar-refractivity contribution in [3.05, 3.63) is 41.5 Å². The Labute approximate surface area is 223 Å². The Morgan fingerprint density at radius 3 is 2.39 bits per heavy atom. The third kappa shape index (κ3) is 7.75. The smallest absolute Gasteiger partial charge is 0.306 e. The third-order valence-electron chi connectivity index (χ3n) is 6.69. The van der Waals surface area contributed by atoms with Gasteiger partial charge in [0.15, 0.2) is 11.5 Å². The molecule has 0 radical (unpaired) electrons. The van der Waals surface area contributed by atoms with Gasteiger partial charge in [0.1, 0.15) is 24.2 Å². The van der Waals surface area contributed by atoms with Crippen molar-refractivity contribution in [3.8, 4) is 23.0 Å². The molecular formula is C28H38N2O8. The zero-order chi connectivity index (χ0) is 27.7. The number of methoxy groups -OCH3 is 2. The molecule has 2 aromatic rings. The van der Waals surface area contributed by atoms with Crippen molar-refractivity contribution >= 4 is 17.6 Å². The quantitative estimate of drug-likeness (QED) is 0.256. The number of hydrogen-bond donors (Lipinski definition) is 4. The lowest BCUT2D eigenvalue weighted by molar-refractivity contribution is -0.143. The van der Waals surface area contributed by atoms with Crippen molar-refractivity contribution in [2.45, 2.75) is 39.2 Å². The molecule has 0 saturated heterocycles. The van der Waals surface area contributed by atoms with Crippen LogP contribution in [0.5, 0.6) is 23.0 Å². The predicted octanol–water partition coefficient (Wildman–Crippen LogP) is 2.90. The molecule has 38 heavy (non-hydrogen) atoms. The molecule has 1 aliphatic rings. The molecule has 1 aliphatic heterocycles. The number of benzene rings is 2. The number of fused-ring (bicyclic) bond motifs is 1. The molecule has 0 bridgehead atoms. The lowest BCUT2D eigenvalue weighted by Gasteiger charge is -2.25. The van der Waals surface area contributed by atoms with Crippen LogP contribution in [0.25, 0.3) is 0 Å². The molecular weight excluding hydrogens is 492 g/mol. The predicted molar refractivity (Wildman–Crippen MR) is 142 cm³/mol. The first-order chi connectivity index (χ1) is 18.2. The van der Waals surface area contributed by atoms with E-state index in [1.165, 1.54) is 0 Å². The van der Waals surface area contributed by atoms with Gasteiger partial charge < -0.3 is 39.8 Å². The lowest BCUT2D eigenvalue weighted by atomic mass is 9.97. The van der Waals surface area contributed by atoms with Gasteiger partial charge in [-0.15, -0.1) is 0 Å². The molecule has 0 aromatic heterocycles. The van der Waals surface area contributed by atoms with Gasteiger partial charge in [-0.2, -0.15) is 0 Å². The minimum Gasteiger partial charge on any atom is -0.493 e. The second kappa shape index (κ2) is 13.9. The number of aliphatic carboxylic acids is 1. The van der Waals surface area contributed by atoms with E-state index in [2.05, 4.69) is 10.6 Å². The number of carbonyl (C=O) groups is 2. The van der Waals surface area contributed by atoms with E-state index in [9.17, 15) is 19.8 Å². The van der Waals surface area contributed by atoms with Crippen molar-refractivity contribution in [1.29, 1.82) is 0 Å². The summed E-state index contributed by atoms with van der Waals surface area (Å²) >= 11 is 0. The van der Waals surface area contributed by atoms with Gasteiger partial charge in [0.25, 0.3) is 0 Å². The number of anilines is 1. The maximum absolute atomic E-state index is 12.1. The molecule has 2 aromatic carbocycles. The molecule has 208 valence electrons. The van der Waals surface area contributed by atoms with Crippen molar-refractivity contribution in [3.63, 3.8) is 0 Å². The van der Waals surface area contributed by atoms with E-state index in [0.29, 0.717) is 54.6 Å². The zero-order valence-corrected chi connectivity index (χ0v) is 22.4. The topological polar surface area (TPSA) is 136 Å². The number of rotatable bonds is 15. The number of aliphatic hydroxyl groups excluding tert-OH is 1. The molecule has 3 atom stereocenters. The number of ether oxygens (including phenoxy) is 4. The number of nitrogens with one attached hydrogen (secondary N) is 2. The summed E-state index contributed by atoms with van der Waals surface area (Å²) < 4.78 is 22.4. The van der Waals surface area contributed by atoms with Gasteiger partial charge in [-0.25, -0.2) is 0 Å². The molecule has 10 heteroatoms. The molecule has 3 unspecified atom stereocenters. The summed E-state index contributed by atoms with van der Waals surface area (Å²) in [4.78, 5) is 23.3. The van der Waals surface area contributed by atoms with Gasteiger partial charge in [0.05, 0.1) is 32.4 Å². The maximum Gasteiger partial charge on any atom is 0.306 e. The molecule has 10 nitrogen and oxygen atoms in total. The molecule has 0 spiro atoms. The highest BCUT2D eigenvalue weighted by atomic mass is 16.5. The van der Waals surface area contributed by atoms with E-state index < -0.39 is 18.0 Å². The summed E-state index contributed by atoms with van der Waals surface area (Å²) in [7, 11) is 3.20. The van der Waals surface area contributed by atoms with Crippen LogP contribution in [0.1, 0.15) is 31.4 Å². The zero-order valence-electron chi connectivity index (χ0n) is 22.4. The van der Waals surface area contributed by atoms with E-state index in [1.54, 1.807) is 33.3 Å². The van der Waals surface area contributed by atoms with Gasteiger partial charge in [-0.3, -0.25) is 9.59 Å². The Kier molecular flexibility index (Phi) is 10.6. The van der Waals surface area contributed by atoms with Crippen molar-refractivity contribution < 1.29 is 38.7 Å². The number of carbonyl (C=O) groups excluding carboxylic acids is 1. The third-order valence-corrected chi connectivity index (χ3v) is 6.69. The minimum absolute atomic E-state index is 0.0805. The van der Waals surface area contributed by atoms with Gasteiger partial charge in [0, 0.05) is 24.4 Å². The normalized spacial score (nSPS) is 15.0. The summed E-state index contributed by atoms with van der Waals surface area (Å²) in [5, 5.41) is 25.7. The summed E-state index contributed by atoms with van der Waals surface area (Å²) in [6.07, 6.45) is 0.823. The van der Waals surface area contributed by atoms with Crippen LogP contribution in [-0.2, 0) is 22.4 Å². The average Bonchev–Trinajstić information content (AvgIpc) is 2.92. The van der Waals surface area contributed by atoms with Crippen LogP contribution in [0.2, 0.25) is 0 Å². The van der Waals surface area contributed by atoms with Gasteiger partial charge in [-0.05, 0) is 49.2 Å². The first-order valence-corrected chi connectivity index (χ1v) is 12.8. The number of hydrogen-bond acceptors (Lipinski definition) is 8. The van der Waals surface area contributed by atoms with E-state index in [0.717, 1.165) is 17.5 Å². The van der Waals surface area contributed by atoms with Gasteiger partial charge in [-0.1, -0.05) is 19.9 Å². The van der Waals surface area contributed by atoms with E-state index in [4.69, 9.17) is 18.9 Å². The van der Waals surface area contributed by atoms with Crippen molar-refractivity contribution in [2.24, 2.45) is 11.8 Å². The Morgan fingerprint density at radius 1 is 1.00 bits per heavy atom. The van der Waals surface area contributed by atoms with Crippen LogP contribution in [0.3, 0.4) is 0 Å². The fourth-order valence-electron chi connectivity index (χ4n) is 4.08. The van der Waals surface area contributed by atoms with Crippen LogP contribution < -0.4 is 29.6 Å². The standard InChI is InChI=1S/C28H38N2O8/c1-17(18(2)28(33)34)15-37-24-9-8-22(21-6-10-26(32)30-27(21)24)38-16-20(31)14-29-12-11-19-5-7-23(35-3)25(13-19)36-4/h5,7-9,13,17-18,20,29,31H,6,10-12,14-16H2,1-4H3,(H,30,32)(H,33,34). The van der Waals surface area contributed by atoms with Crippen LogP contribution in [0, 0.1) is 11.8 Å². The Balaban J connectivity index is 1.52. The molecule has 1 amide bonds. The van der Waals surface area contributed by atoms with Crippen LogP contribution in [-0.4, -0.2) is 68.7 Å². The maximum atomic E-state index is 12.1. The van der Waals surface area contributed by atoms with Crippen LogP contribution in [0.15, 0.2) is 30.3 Å². The summed E-state index contributed by atoms with van der Waals surface area (Å²) in [6, 6.07) is 9.24. The first-order valence-electron chi connectivity index (χ1n) is 12.8. The summed E-state index contributed by atoms with van der Waals surface area (Å²) in [5.74, 6) is 0.634. The number of carboxylic acid groups (broad SMARTS) is 1. The van der Waals surface area contributed by atoms with E-state index >= 15 is 0 Å². The molecule has 4 N–H and O–H groups in total. The molecule has 0 fully saturated rings. The fraction of sp³-hybridized carbons (Fsp3) is 0.500. The van der Waals surface area contributed by atoms with Crippen LogP contribution >= 0.6 is 0 Å². The Hall–Kier alpha value is -3.50. The highest BCUT2D eigenvalue weighted by Gasteiger charge is 2.25. The first kappa shape index (κ1) is 29.1. The largest absolute Gasteiger partial charge is 0.493 e. The fourth-order valence-corrected chi connectivity index (χ4v) is 4.08. The Bertz CT molecular complexity index is 1110. The van der Waals surface area contributed by atoms with Crippen LogP contribution in [0.4, 0.5) is 5.69 Å². The second-order valence-corrected chi connectivity index (χ2v) is 9.49. The highest BCUT2D eigenvalue weighted by Crippen LogP contribution is 2.39. The van der Waals surface area contributed by atoms with Gasteiger partial charge >= 0.3 is 5.97 Å². The number of carboxylic acids is 1. The number of aliphatic hydroxyl groups is 1. The molecule has 0 saturated carbocycles. The van der Waals surface area contributed by atoms with E-state index in [1.807, 2.05) is 25.1 Å². The highest BCUT2D eigenvalue weighted by molar-refractivity contribution is 5.96. The van der Waals surface area contributed by atoms with Gasteiger partial charge in [0.2, 0.25) is 5.91 Å². The monoisotopic (exact) mass is 530 g/mol. The summed E-state index contributed by atoms with van der Waals surface area (Å²) in [6.45, 7) is 4.75. The second-order valence-electron chi connectivity index (χ2n) is 9.49. The molecule has 3 rings (SSSR count). The SMILES string of the molecule is COc1ccc(CCNCC(O)COc2ccc(OCC(C)C(C)C(=O)O)c3c2CCC(=O)N3)cc1OC. The van der Waals surface area contributed by atoms with Crippen molar-refractivity contribution in [2.75, 3.05) is 45.8 Å². The molecule has 1 heterocycles. The number of amides is 1. The van der Waals surface area contributed by atoms with E-state index in [-0.39, 0.29) is 25.0 Å². The average molecular weight is 531 g/mol. The Morgan fingerprint density at radius 2 is 1.68 bits per heavy atom. The molecule has 0 aliphatic carbocycles. The minimum atomic E-state index is -0.880. The summed E-state index contributed by atoms with van der Waals surface area (Å²) in [5.41, 5.74) is 2.43. The van der Waals surface area contributed by atoms with Crippen molar-refractivity contribution in [1.82, 2.24) is 5.32 Å².